The molecule has 0 aromatic heterocycles. The van der Waals surface area contributed by atoms with Crippen molar-refractivity contribution in [3.63, 3.8) is 0 Å². The molecule has 2 unspecified atom stereocenters. The number of halogens is 1. The summed E-state index contributed by atoms with van der Waals surface area (Å²) in [6, 6.07) is 13.0. The number of amides is 2. The summed E-state index contributed by atoms with van der Waals surface area (Å²) in [4.78, 5) is 15.4. The van der Waals surface area contributed by atoms with Gasteiger partial charge in [-0.25, -0.2) is 9.18 Å². The first-order valence-electron chi connectivity index (χ1n) is 8.24. The minimum atomic E-state index is -0.198. The summed E-state index contributed by atoms with van der Waals surface area (Å²) in [6.07, 6.45) is 1.69. The SMILES string of the molecule is CC1Cc2ccccc2N1C(=O)NC1CCSc2c(F)cccc21. The van der Waals surface area contributed by atoms with Crippen molar-refractivity contribution >= 4 is 23.5 Å². The van der Waals surface area contributed by atoms with E-state index in [0.29, 0.717) is 4.90 Å². The van der Waals surface area contributed by atoms with Crippen LogP contribution in [0.5, 0.6) is 0 Å². The van der Waals surface area contributed by atoms with E-state index in [1.807, 2.05) is 29.2 Å². The number of para-hydroxylation sites is 1. The number of carbonyl (C=O) groups is 1. The summed E-state index contributed by atoms with van der Waals surface area (Å²) in [5, 5.41) is 3.12. The number of hydrogen-bond donors (Lipinski definition) is 1. The van der Waals surface area contributed by atoms with E-state index in [2.05, 4.69) is 18.3 Å². The van der Waals surface area contributed by atoms with Gasteiger partial charge in [-0.2, -0.15) is 0 Å². The molecule has 2 amide bonds. The van der Waals surface area contributed by atoms with Crippen LogP contribution in [0, 0.1) is 5.82 Å². The van der Waals surface area contributed by atoms with Crippen LogP contribution in [0.25, 0.3) is 0 Å². The van der Waals surface area contributed by atoms with Crippen LogP contribution in [-0.4, -0.2) is 17.8 Å². The number of rotatable bonds is 1. The highest BCUT2D eigenvalue weighted by atomic mass is 32.2. The van der Waals surface area contributed by atoms with Crippen LogP contribution in [0.4, 0.5) is 14.9 Å². The van der Waals surface area contributed by atoms with E-state index < -0.39 is 0 Å². The van der Waals surface area contributed by atoms with E-state index in [1.54, 1.807) is 6.07 Å². The Bertz CT molecular complexity index is 795. The predicted molar refractivity (Wildman–Crippen MR) is 95.1 cm³/mol. The first-order valence-corrected chi connectivity index (χ1v) is 9.22. The number of nitrogens with one attached hydrogen (secondary N) is 1. The van der Waals surface area contributed by atoms with E-state index in [9.17, 15) is 9.18 Å². The molecule has 4 rings (SSSR count). The van der Waals surface area contributed by atoms with Gasteiger partial charge in [-0.15, -0.1) is 11.8 Å². The van der Waals surface area contributed by atoms with Crippen molar-refractivity contribution in [1.29, 1.82) is 0 Å². The Hall–Kier alpha value is -2.01. The quantitative estimate of drug-likeness (QED) is 0.826. The Kier molecular flexibility index (Phi) is 3.96. The third-order valence-electron chi connectivity index (χ3n) is 4.75. The molecule has 5 heteroatoms. The zero-order chi connectivity index (χ0) is 16.7. The zero-order valence-corrected chi connectivity index (χ0v) is 14.3. The number of urea groups is 1. The van der Waals surface area contributed by atoms with Gasteiger partial charge in [0.2, 0.25) is 0 Å². The van der Waals surface area contributed by atoms with E-state index >= 15 is 0 Å². The minimum Gasteiger partial charge on any atom is -0.331 e. The summed E-state index contributed by atoms with van der Waals surface area (Å²) in [5.74, 6) is 0.613. The van der Waals surface area contributed by atoms with Gasteiger partial charge in [-0.1, -0.05) is 30.3 Å². The molecule has 0 bridgehead atoms. The predicted octanol–water partition coefficient (Wildman–Crippen LogP) is 4.52. The summed E-state index contributed by atoms with van der Waals surface area (Å²) in [5.41, 5.74) is 3.07. The zero-order valence-electron chi connectivity index (χ0n) is 13.5. The van der Waals surface area contributed by atoms with Crippen LogP contribution in [0.1, 0.15) is 30.5 Å². The number of hydrogen-bond acceptors (Lipinski definition) is 2. The molecule has 3 nitrogen and oxygen atoms in total. The van der Waals surface area contributed by atoms with Crippen molar-refractivity contribution in [2.24, 2.45) is 0 Å². The Morgan fingerprint density at radius 1 is 1.25 bits per heavy atom. The summed E-state index contributed by atoms with van der Waals surface area (Å²) in [6.45, 7) is 2.06. The molecule has 2 aromatic carbocycles. The van der Waals surface area contributed by atoms with Crippen molar-refractivity contribution < 1.29 is 9.18 Å². The average Bonchev–Trinajstić information content (AvgIpc) is 2.91. The van der Waals surface area contributed by atoms with Gasteiger partial charge in [0.1, 0.15) is 5.82 Å². The van der Waals surface area contributed by atoms with Gasteiger partial charge < -0.3 is 5.32 Å². The standard InChI is InChI=1S/C19H19FN2OS/c1-12-11-13-5-2-3-8-17(13)22(12)19(23)21-16-9-10-24-18-14(16)6-4-7-15(18)20/h2-8,12,16H,9-11H2,1H3,(H,21,23). The van der Waals surface area contributed by atoms with E-state index in [-0.39, 0.29) is 23.9 Å². The fraction of sp³-hybridized carbons (Fsp3) is 0.316. The van der Waals surface area contributed by atoms with Gasteiger partial charge in [-0.3, -0.25) is 4.90 Å². The maximum absolute atomic E-state index is 14.0. The second-order valence-electron chi connectivity index (χ2n) is 6.35. The Balaban J connectivity index is 1.59. The maximum Gasteiger partial charge on any atom is 0.322 e. The number of anilines is 1. The fourth-order valence-electron chi connectivity index (χ4n) is 3.63. The molecular formula is C19H19FN2OS. The first-order chi connectivity index (χ1) is 11.6. The van der Waals surface area contributed by atoms with Gasteiger partial charge in [0.05, 0.1) is 6.04 Å². The third kappa shape index (κ3) is 2.57. The normalized spacial score (nSPS) is 22.0. The molecule has 2 aromatic rings. The maximum atomic E-state index is 14.0. The number of nitrogens with zero attached hydrogens (tertiary/aromatic N) is 1. The fourth-order valence-corrected chi connectivity index (χ4v) is 4.77. The van der Waals surface area contributed by atoms with E-state index in [0.717, 1.165) is 29.8 Å². The number of benzene rings is 2. The lowest BCUT2D eigenvalue weighted by Crippen LogP contribution is -2.45. The Morgan fingerprint density at radius 2 is 2.08 bits per heavy atom. The van der Waals surface area contributed by atoms with Crippen LogP contribution in [0.15, 0.2) is 47.4 Å². The lowest BCUT2D eigenvalue weighted by molar-refractivity contribution is 0.240. The average molecular weight is 342 g/mol. The van der Waals surface area contributed by atoms with Crippen molar-refractivity contribution in [1.82, 2.24) is 5.32 Å². The minimum absolute atomic E-state index is 0.0976. The van der Waals surface area contributed by atoms with Crippen molar-refractivity contribution in [3.05, 3.63) is 59.4 Å². The van der Waals surface area contributed by atoms with Gasteiger partial charge in [0.15, 0.2) is 0 Å². The van der Waals surface area contributed by atoms with Crippen LogP contribution in [0.2, 0.25) is 0 Å². The third-order valence-corrected chi connectivity index (χ3v) is 5.91. The van der Waals surface area contributed by atoms with E-state index in [1.165, 1.54) is 23.4 Å². The van der Waals surface area contributed by atoms with Crippen molar-refractivity contribution in [2.75, 3.05) is 10.7 Å². The lowest BCUT2D eigenvalue weighted by Gasteiger charge is -2.30. The summed E-state index contributed by atoms with van der Waals surface area (Å²) >= 11 is 1.53. The topological polar surface area (TPSA) is 32.3 Å². The molecular weight excluding hydrogens is 323 g/mol. The first kappa shape index (κ1) is 15.5. The molecule has 2 aliphatic heterocycles. The largest absolute Gasteiger partial charge is 0.331 e. The monoisotopic (exact) mass is 342 g/mol. The second kappa shape index (κ2) is 6.13. The second-order valence-corrected chi connectivity index (χ2v) is 7.45. The van der Waals surface area contributed by atoms with Gasteiger partial charge in [0.25, 0.3) is 0 Å². The number of carbonyl (C=O) groups excluding carboxylic acids is 1. The molecule has 0 saturated heterocycles. The molecule has 0 spiro atoms. The number of thioether (sulfide) groups is 1. The highest BCUT2D eigenvalue weighted by Gasteiger charge is 2.33. The molecule has 2 heterocycles. The molecule has 0 aliphatic carbocycles. The van der Waals surface area contributed by atoms with Gasteiger partial charge >= 0.3 is 6.03 Å². The molecule has 2 atom stereocenters. The highest BCUT2D eigenvalue weighted by molar-refractivity contribution is 7.99. The molecule has 1 N–H and O–H groups in total. The smallest absolute Gasteiger partial charge is 0.322 e. The molecule has 24 heavy (non-hydrogen) atoms. The van der Waals surface area contributed by atoms with Crippen molar-refractivity contribution in [2.45, 2.75) is 36.7 Å². The Morgan fingerprint density at radius 3 is 2.96 bits per heavy atom. The van der Waals surface area contributed by atoms with Crippen molar-refractivity contribution in [3.8, 4) is 0 Å². The van der Waals surface area contributed by atoms with Crippen LogP contribution in [0.3, 0.4) is 0 Å². The molecule has 2 aliphatic rings. The van der Waals surface area contributed by atoms with Crippen LogP contribution < -0.4 is 10.2 Å². The number of fused-ring (bicyclic) bond motifs is 2. The van der Waals surface area contributed by atoms with Gasteiger partial charge in [0, 0.05) is 22.4 Å². The highest BCUT2D eigenvalue weighted by Crippen LogP contribution is 2.38. The molecule has 0 saturated carbocycles. The van der Waals surface area contributed by atoms with Gasteiger partial charge in [-0.05, 0) is 43.0 Å². The summed E-state index contributed by atoms with van der Waals surface area (Å²) < 4.78 is 14.0. The Labute approximate surface area is 145 Å². The van der Waals surface area contributed by atoms with Crippen LogP contribution >= 0.6 is 11.8 Å². The molecule has 0 radical (unpaired) electrons. The van der Waals surface area contributed by atoms with E-state index in [4.69, 9.17) is 0 Å². The lowest BCUT2D eigenvalue weighted by atomic mass is 10.0. The summed E-state index contributed by atoms with van der Waals surface area (Å²) in [7, 11) is 0. The molecule has 0 fully saturated rings. The molecule has 124 valence electrons. The van der Waals surface area contributed by atoms with Crippen LogP contribution in [-0.2, 0) is 6.42 Å².